The summed E-state index contributed by atoms with van der Waals surface area (Å²) in [5.41, 5.74) is 0. The van der Waals surface area contributed by atoms with Crippen LogP contribution in [0.3, 0.4) is 0 Å². The quantitative estimate of drug-likeness (QED) is 0.598. The third kappa shape index (κ3) is 3.71. The second kappa shape index (κ2) is 6.91. The van der Waals surface area contributed by atoms with Crippen LogP contribution in [0.1, 0.15) is 78.1 Å². The van der Waals surface area contributed by atoms with Gasteiger partial charge in [0.05, 0.1) is 0 Å². The van der Waals surface area contributed by atoms with Crippen LogP contribution < -0.4 is 0 Å². The van der Waals surface area contributed by atoms with Gasteiger partial charge in [0.2, 0.25) is 0 Å². The van der Waals surface area contributed by atoms with E-state index >= 15 is 0 Å². The summed E-state index contributed by atoms with van der Waals surface area (Å²) in [6.07, 6.45) is 12.3. The van der Waals surface area contributed by atoms with Crippen LogP contribution in [0.25, 0.3) is 0 Å². The predicted octanol–water partition coefficient (Wildman–Crippen LogP) is 5.76. The molecule has 2 aliphatic carbocycles. The van der Waals surface area contributed by atoms with Crippen molar-refractivity contribution in [2.24, 2.45) is 23.7 Å². The maximum Gasteiger partial charge on any atom is 0.103 e. The Morgan fingerprint density at radius 1 is 1.00 bits per heavy atom. The van der Waals surface area contributed by atoms with Crippen LogP contribution in [0.2, 0.25) is 0 Å². The Labute approximate surface area is 113 Å². The third-order valence-corrected chi connectivity index (χ3v) is 5.55. The van der Waals surface area contributed by atoms with Crippen molar-refractivity contribution in [1.82, 2.24) is 0 Å². The van der Waals surface area contributed by atoms with Gasteiger partial charge in [-0.2, -0.15) is 0 Å². The minimum Gasteiger partial charge on any atom is -0.247 e. The van der Waals surface area contributed by atoms with Gasteiger partial charge in [-0.3, -0.25) is 0 Å². The molecule has 1 heteroatoms. The summed E-state index contributed by atoms with van der Waals surface area (Å²) < 4.78 is 14.2. The minimum atomic E-state index is -0.494. The van der Waals surface area contributed by atoms with E-state index < -0.39 is 6.17 Å². The van der Waals surface area contributed by atoms with E-state index in [1.807, 2.05) is 0 Å². The minimum absolute atomic E-state index is 0.410. The molecule has 2 fully saturated rings. The van der Waals surface area contributed by atoms with Crippen LogP contribution in [-0.2, 0) is 0 Å². The highest BCUT2D eigenvalue weighted by atomic mass is 19.1. The fraction of sp³-hybridized carbons (Fsp3) is 1.00. The molecule has 2 rings (SSSR count). The van der Waals surface area contributed by atoms with E-state index in [1.54, 1.807) is 0 Å². The molecule has 0 saturated heterocycles. The summed E-state index contributed by atoms with van der Waals surface area (Å²) in [6.45, 7) is 4.49. The van der Waals surface area contributed by atoms with E-state index in [4.69, 9.17) is 0 Å². The van der Waals surface area contributed by atoms with Gasteiger partial charge in [-0.05, 0) is 49.4 Å². The van der Waals surface area contributed by atoms with E-state index in [0.29, 0.717) is 17.8 Å². The van der Waals surface area contributed by atoms with Crippen molar-refractivity contribution >= 4 is 0 Å². The summed E-state index contributed by atoms with van der Waals surface area (Å²) in [6, 6.07) is 0. The summed E-state index contributed by atoms with van der Waals surface area (Å²) in [5, 5.41) is 0. The molecule has 3 atom stereocenters. The Morgan fingerprint density at radius 3 is 2.33 bits per heavy atom. The van der Waals surface area contributed by atoms with E-state index in [1.165, 1.54) is 51.4 Å². The highest BCUT2D eigenvalue weighted by Crippen LogP contribution is 2.43. The molecule has 0 heterocycles. The molecule has 0 aromatic carbocycles. The molecule has 0 aromatic heterocycles. The number of halogens is 1. The van der Waals surface area contributed by atoms with Gasteiger partial charge in [-0.15, -0.1) is 0 Å². The standard InChI is InChI=1S/C17H31F/c1-3-4-5-14-7-9-15(10-8-14)16-11-6-13(2)12-17(16)18/h13-17H,3-12H2,1-2H3. The average molecular weight is 254 g/mol. The molecule has 18 heavy (non-hydrogen) atoms. The normalized spacial score (nSPS) is 41.8. The third-order valence-electron chi connectivity index (χ3n) is 5.55. The number of hydrogen-bond acceptors (Lipinski definition) is 0. The first-order valence-corrected chi connectivity index (χ1v) is 8.34. The Hall–Kier alpha value is -0.0700. The van der Waals surface area contributed by atoms with Crippen LogP contribution in [0.4, 0.5) is 4.39 Å². The molecule has 0 aliphatic heterocycles. The lowest BCUT2D eigenvalue weighted by Crippen LogP contribution is -2.33. The van der Waals surface area contributed by atoms with Gasteiger partial charge in [0.25, 0.3) is 0 Å². The Morgan fingerprint density at radius 2 is 1.72 bits per heavy atom. The summed E-state index contributed by atoms with van der Waals surface area (Å²) >= 11 is 0. The summed E-state index contributed by atoms with van der Waals surface area (Å²) in [7, 11) is 0. The lowest BCUT2D eigenvalue weighted by atomic mass is 9.68. The number of unbranched alkanes of at least 4 members (excludes halogenated alkanes) is 1. The molecule has 0 radical (unpaired) electrons. The Kier molecular flexibility index (Phi) is 5.51. The van der Waals surface area contributed by atoms with Crippen molar-refractivity contribution in [3.8, 4) is 0 Å². The van der Waals surface area contributed by atoms with E-state index in [9.17, 15) is 4.39 Å². The smallest absolute Gasteiger partial charge is 0.103 e. The van der Waals surface area contributed by atoms with Crippen molar-refractivity contribution in [1.29, 1.82) is 0 Å². The maximum atomic E-state index is 14.2. The summed E-state index contributed by atoms with van der Waals surface area (Å²) in [5.74, 6) is 2.71. The topological polar surface area (TPSA) is 0 Å². The fourth-order valence-corrected chi connectivity index (χ4v) is 4.26. The molecule has 3 unspecified atom stereocenters. The molecule has 106 valence electrons. The Bertz CT molecular complexity index is 230. The molecule has 0 amide bonds. The van der Waals surface area contributed by atoms with Gasteiger partial charge in [0, 0.05) is 0 Å². The predicted molar refractivity (Wildman–Crippen MR) is 76.4 cm³/mol. The zero-order valence-electron chi connectivity index (χ0n) is 12.3. The van der Waals surface area contributed by atoms with Gasteiger partial charge in [-0.25, -0.2) is 4.39 Å². The van der Waals surface area contributed by atoms with Gasteiger partial charge in [-0.1, -0.05) is 52.4 Å². The van der Waals surface area contributed by atoms with Crippen molar-refractivity contribution in [3.05, 3.63) is 0 Å². The second-order valence-electron chi connectivity index (χ2n) is 7.02. The SMILES string of the molecule is CCCCC1CCC(C2CCC(C)CC2F)CC1. The molecule has 2 saturated carbocycles. The van der Waals surface area contributed by atoms with Crippen LogP contribution in [-0.4, -0.2) is 6.17 Å². The molecule has 0 aromatic rings. The monoisotopic (exact) mass is 254 g/mol. The molecule has 0 N–H and O–H groups in total. The highest BCUT2D eigenvalue weighted by Gasteiger charge is 2.35. The van der Waals surface area contributed by atoms with Gasteiger partial charge >= 0.3 is 0 Å². The maximum absolute atomic E-state index is 14.2. The number of hydrogen-bond donors (Lipinski definition) is 0. The molecule has 2 aliphatic rings. The molecular formula is C17H31F. The van der Waals surface area contributed by atoms with Crippen molar-refractivity contribution < 1.29 is 4.39 Å². The molecule has 0 spiro atoms. The number of rotatable bonds is 4. The molecule has 0 bridgehead atoms. The first-order chi connectivity index (χ1) is 8.70. The first kappa shape index (κ1) is 14.3. The van der Waals surface area contributed by atoms with Crippen LogP contribution in [0.5, 0.6) is 0 Å². The number of alkyl halides is 1. The van der Waals surface area contributed by atoms with Crippen LogP contribution in [0.15, 0.2) is 0 Å². The average Bonchev–Trinajstić information content (AvgIpc) is 2.37. The van der Waals surface area contributed by atoms with E-state index in [-0.39, 0.29) is 0 Å². The van der Waals surface area contributed by atoms with Crippen molar-refractivity contribution in [2.45, 2.75) is 84.2 Å². The molecule has 0 nitrogen and oxygen atoms in total. The van der Waals surface area contributed by atoms with E-state index in [0.717, 1.165) is 18.8 Å². The zero-order valence-corrected chi connectivity index (χ0v) is 12.3. The largest absolute Gasteiger partial charge is 0.247 e. The van der Waals surface area contributed by atoms with Gasteiger partial charge in [0.15, 0.2) is 0 Å². The van der Waals surface area contributed by atoms with E-state index in [2.05, 4.69) is 13.8 Å². The van der Waals surface area contributed by atoms with Crippen molar-refractivity contribution in [3.63, 3.8) is 0 Å². The lowest BCUT2D eigenvalue weighted by Gasteiger charge is -2.39. The van der Waals surface area contributed by atoms with Crippen molar-refractivity contribution in [2.75, 3.05) is 0 Å². The fourth-order valence-electron chi connectivity index (χ4n) is 4.26. The van der Waals surface area contributed by atoms with Gasteiger partial charge in [0.1, 0.15) is 6.17 Å². The second-order valence-corrected chi connectivity index (χ2v) is 7.02. The zero-order chi connectivity index (χ0) is 13.0. The highest BCUT2D eigenvalue weighted by molar-refractivity contribution is 4.86. The summed E-state index contributed by atoms with van der Waals surface area (Å²) in [4.78, 5) is 0. The first-order valence-electron chi connectivity index (χ1n) is 8.34. The van der Waals surface area contributed by atoms with Gasteiger partial charge < -0.3 is 0 Å². The Balaban J connectivity index is 1.75. The van der Waals surface area contributed by atoms with Crippen LogP contribution in [0, 0.1) is 23.7 Å². The molecular weight excluding hydrogens is 223 g/mol. The lowest BCUT2D eigenvalue weighted by molar-refractivity contribution is 0.0618. The van der Waals surface area contributed by atoms with Crippen LogP contribution >= 0.6 is 0 Å².